The number of H-pyrrole nitrogens is 1. The van der Waals surface area contributed by atoms with Gasteiger partial charge in [0.15, 0.2) is 0 Å². The maximum absolute atomic E-state index is 12.4. The average molecular weight is 354 g/mol. The van der Waals surface area contributed by atoms with Crippen LogP contribution in [0.2, 0.25) is 0 Å². The number of nitrogens with zero attached hydrogens (tertiary/aromatic N) is 1. The van der Waals surface area contributed by atoms with Crippen LogP contribution in [0.25, 0.3) is 0 Å². The molecule has 0 saturated carbocycles. The van der Waals surface area contributed by atoms with E-state index in [1.807, 2.05) is 47.8 Å². The van der Waals surface area contributed by atoms with Crippen LogP contribution in [0.3, 0.4) is 0 Å². The fourth-order valence-electron chi connectivity index (χ4n) is 2.92. The molecule has 0 bridgehead atoms. The number of amides is 2. The van der Waals surface area contributed by atoms with Crippen molar-refractivity contribution in [1.82, 2.24) is 14.9 Å². The summed E-state index contributed by atoms with van der Waals surface area (Å²) in [5.41, 5.74) is 0.159. The third kappa shape index (κ3) is 2.76. The molecule has 1 aliphatic rings. The van der Waals surface area contributed by atoms with Gasteiger partial charge in [-0.1, -0.05) is 36.4 Å². The summed E-state index contributed by atoms with van der Waals surface area (Å²) in [5.74, 6) is 0.236. The molecule has 0 aliphatic carbocycles. The maximum Gasteiger partial charge on any atom is 0.330 e. The number of aromatic amines is 1. The number of rotatable bonds is 3. The third-order valence-electron chi connectivity index (χ3n) is 4.04. The predicted octanol–water partition coefficient (Wildman–Crippen LogP) is 1.87. The van der Waals surface area contributed by atoms with Gasteiger partial charge in [-0.15, -0.1) is 11.3 Å². The highest BCUT2D eigenvalue weighted by Crippen LogP contribution is 2.30. The van der Waals surface area contributed by atoms with Crippen molar-refractivity contribution in [2.75, 3.05) is 5.32 Å². The number of fused-ring (bicyclic) bond motifs is 1. The molecule has 2 amide bonds. The highest BCUT2D eigenvalue weighted by molar-refractivity contribution is 7.10. The van der Waals surface area contributed by atoms with E-state index in [4.69, 9.17) is 0 Å². The number of carbonyl (C=O) groups excluding carboxylic acids is 1. The van der Waals surface area contributed by atoms with Gasteiger partial charge in [0.1, 0.15) is 5.82 Å². The first-order chi connectivity index (χ1) is 12.1. The van der Waals surface area contributed by atoms with E-state index >= 15 is 0 Å². The van der Waals surface area contributed by atoms with E-state index in [0.717, 1.165) is 10.4 Å². The van der Waals surface area contributed by atoms with Gasteiger partial charge < -0.3 is 5.32 Å². The molecule has 1 unspecified atom stereocenters. The Kier molecular flexibility index (Phi) is 3.73. The number of hydrogen-bond donors (Lipinski definition) is 3. The zero-order valence-corrected chi connectivity index (χ0v) is 13.8. The summed E-state index contributed by atoms with van der Waals surface area (Å²) in [6.45, 7) is 0.246. The largest absolute Gasteiger partial charge is 0.330 e. The van der Waals surface area contributed by atoms with E-state index < -0.39 is 23.3 Å². The maximum atomic E-state index is 12.4. The summed E-state index contributed by atoms with van der Waals surface area (Å²) in [7, 11) is 0. The average Bonchev–Trinajstić information content (AvgIpc) is 3.13. The Bertz CT molecular complexity index is 1040. The van der Waals surface area contributed by atoms with Gasteiger partial charge in [-0.2, -0.15) is 0 Å². The zero-order chi connectivity index (χ0) is 17.4. The Morgan fingerprint density at radius 1 is 1.04 bits per heavy atom. The van der Waals surface area contributed by atoms with E-state index in [1.54, 1.807) is 0 Å². The van der Waals surface area contributed by atoms with Crippen LogP contribution in [0.1, 0.15) is 22.0 Å². The van der Waals surface area contributed by atoms with Crippen LogP contribution in [-0.4, -0.2) is 15.6 Å². The van der Waals surface area contributed by atoms with E-state index in [1.165, 1.54) is 15.9 Å². The molecular weight excluding hydrogens is 340 g/mol. The molecule has 0 spiro atoms. The van der Waals surface area contributed by atoms with Crippen LogP contribution in [0.15, 0.2) is 57.4 Å². The third-order valence-corrected chi connectivity index (χ3v) is 4.98. The number of nitrogens with one attached hydrogen (secondary N) is 3. The Morgan fingerprint density at radius 2 is 1.84 bits per heavy atom. The number of thiophene rings is 1. The van der Waals surface area contributed by atoms with Gasteiger partial charge in [-0.3, -0.25) is 19.7 Å². The molecule has 1 atom stereocenters. The van der Waals surface area contributed by atoms with Crippen molar-refractivity contribution in [3.63, 3.8) is 0 Å². The number of hydrogen-bond acceptors (Lipinski definition) is 4. The Morgan fingerprint density at radius 3 is 2.56 bits per heavy atom. The van der Waals surface area contributed by atoms with Gasteiger partial charge in [-0.25, -0.2) is 9.59 Å². The van der Waals surface area contributed by atoms with Crippen molar-refractivity contribution in [3.05, 3.63) is 84.7 Å². The highest BCUT2D eigenvalue weighted by Gasteiger charge is 2.31. The molecule has 1 aliphatic heterocycles. The summed E-state index contributed by atoms with van der Waals surface area (Å²) in [6, 6.07) is 12.0. The molecule has 7 nitrogen and oxygen atoms in total. The lowest BCUT2D eigenvalue weighted by Crippen LogP contribution is -2.46. The van der Waals surface area contributed by atoms with Gasteiger partial charge >= 0.3 is 11.7 Å². The van der Waals surface area contributed by atoms with Crippen LogP contribution in [0.5, 0.6) is 0 Å². The fraction of sp³-hybridized carbons (Fsp3) is 0.118. The molecule has 25 heavy (non-hydrogen) atoms. The summed E-state index contributed by atoms with van der Waals surface area (Å²) in [5, 5.41) is 7.24. The topological polar surface area (TPSA) is 96.0 Å². The minimum atomic E-state index is -0.588. The second kappa shape index (κ2) is 6.06. The summed E-state index contributed by atoms with van der Waals surface area (Å²) >= 11 is 1.44. The molecule has 3 heterocycles. The van der Waals surface area contributed by atoms with E-state index in [-0.39, 0.29) is 12.4 Å². The molecule has 126 valence electrons. The van der Waals surface area contributed by atoms with Crippen molar-refractivity contribution in [2.24, 2.45) is 0 Å². The normalized spacial score (nSPS) is 16.0. The summed E-state index contributed by atoms with van der Waals surface area (Å²) < 4.78 is 1.38. The SMILES string of the molecule is O=C1Nc2c(c(=O)[nH]c(=O)n2Cc2ccccc2)C(c2cccs2)N1. The van der Waals surface area contributed by atoms with Crippen molar-refractivity contribution >= 4 is 23.2 Å². The molecular formula is C17H14N4O3S. The fourth-order valence-corrected chi connectivity index (χ4v) is 3.71. The van der Waals surface area contributed by atoms with Crippen LogP contribution in [-0.2, 0) is 6.54 Å². The molecule has 8 heteroatoms. The number of carbonyl (C=O) groups is 1. The van der Waals surface area contributed by atoms with Crippen molar-refractivity contribution in [1.29, 1.82) is 0 Å². The van der Waals surface area contributed by atoms with E-state index in [9.17, 15) is 14.4 Å². The van der Waals surface area contributed by atoms with Crippen molar-refractivity contribution < 1.29 is 4.79 Å². The van der Waals surface area contributed by atoms with E-state index in [0.29, 0.717) is 5.56 Å². The number of urea groups is 1. The summed E-state index contributed by atoms with van der Waals surface area (Å²) in [6.07, 6.45) is 0. The second-order valence-electron chi connectivity index (χ2n) is 5.64. The van der Waals surface area contributed by atoms with Crippen LogP contribution >= 0.6 is 11.3 Å². The molecule has 4 rings (SSSR count). The summed E-state index contributed by atoms with van der Waals surface area (Å²) in [4.78, 5) is 40.1. The monoisotopic (exact) mass is 354 g/mol. The van der Waals surface area contributed by atoms with Crippen LogP contribution in [0, 0.1) is 0 Å². The predicted molar refractivity (Wildman–Crippen MR) is 95.2 cm³/mol. The smallest absolute Gasteiger partial charge is 0.326 e. The van der Waals surface area contributed by atoms with Crippen LogP contribution in [0.4, 0.5) is 10.6 Å². The first kappa shape index (κ1) is 15.4. The van der Waals surface area contributed by atoms with Crippen molar-refractivity contribution in [2.45, 2.75) is 12.6 Å². The van der Waals surface area contributed by atoms with Crippen LogP contribution < -0.4 is 21.9 Å². The molecule has 0 saturated heterocycles. The minimum absolute atomic E-state index is 0.236. The molecule has 1 aromatic carbocycles. The number of anilines is 1. The molecule has 2 aromatic heterocycles. The Hall–Kier alpha value is -3.13. The lowest BCUT2D eigenvalue weighted by molar-refractivity contribution is 0.248. The molecule has 0 fully saturated rings. The first-order valence-corrected chi connectivity index (χ1v) is 8.53. The number of aromatic nitrogens is 2. The van der Waals surface area contributed by atoms with Gasteiger partial charge in [0.25, 0.3) is 5.56 Å². The van der Waals surface area contributed by atoms with Gasteiger partial charge in [0, 0.05) is 4.88 Å². The highest BCUT2D eigenvalue weighted by atomic mass is 32.1. The zero-order valence-electron chi connectivity index (χ0n) is 13.0. The molecule has 3 N–H and O–H groups in total. The minimum Gasteiger partial charge on any atom is -0.326 e. The standard InChI is InChI=1S/C17H14N4O3S/c22-15-12-13(11-7-4-8-25-11)18-16(23)19-14(12)21(17(24)20-15)9-10-5-2-1-3-6-10/h1-8,13H,9H2,(H2,18,19,23)(H,20,22,24). The Labute approximate surface area is 146 Å². The van der Waals surface area contributed by atoms with Gasteiger partial charge in [0.05, 0.1) is 18.2 Å². The second-order valence-corrected chi connectivity index (χ2v) is 6.62. The molecule has 3 aromatic rings. The quantitative estimate of drug-likeness (QED) is 0.670. The van der Waals surface area contributed by atoms with E-state index in [2.05, 4.69) is 15.6 Å². The van der Waals surface area contributed by atoms with Gasteiger partial charge in [0.2, 0.25) is 0 Å². The molecule has 0 radical (unpaired) electrons. The lowest BCUT2D eigenvalue weighted by Gasteiger charge is -2.27. The first-order valence-electron chi connectivity index (χ1n) is 7.65. The number of benzene rings is 1. The lowest BCUT2D eigenvalue weighted by atomic mass is 10.1. The Balaban J connectivity index is 1.90. The van der Waals surface area contributed by atoms with Gasteiger partial charge in [-0.05, 0) is 17.0 Å². The van der Waals surface area contributed by atoms with Crippen molar-refractivity contribution in [3.8, 4) is 0 Å².